The molecule has 1 heterocycles. The molecule has 1 aromatic carbocycles. The van der Waals surface area contributed by atoms with Gasteiger partial charge >= 0.3 is 6.09 Å². The van der Waals surface area contributed by atoms with Gasteiger partial charge in [-0.25, -0.2) is 4.79 Å². The summed E-state index contributed by atoms with van der Waals surface area (Å²) in [5.41, 5.74) is 1.00. The molecule has 7 heteroatoms. The maximum absolute atomic E-state index is 12.2. The average Bonchev–Trinajstić information content (AvgIpc) is 2.61. The summed E-state index contributed by atoms with van der Waals surface area (Å²) in [5.74, 6) is 0.794. The van der Waals surface area contributed by atoms with Crippen LogP contribution in [0, 0.1) is 6.92 Å². The van der Waals surface area contributed by atoms with Gasteiger partial charge < -0.3 is 19.1 Å². The molecule has 1 fully saturated rings. The second kappa shape index (κ2) is 9.48. The fourth-order valence-electron chi connectivity index (χ4n) is 3.00. The normalized spacial score (nSPS) is 15.7. The number of ether oxygens (including phenoxy) is 3. The molecule has 0 bridgehead atoms. The molecule has 0 spiro atoms. The van der Waals surface area contributed by atoms with E-state index in [2.05, 4.69) is 17.0 Å². The summed E-state index contributed by atoms with van der Waals surface area (Å²) in [6.07, 6.45) is -0.256. The molecule has 7 nitrogen and oxygen atoms in total. The van der Waals surface area contributed by atoms with Gasteiger partial charge in [0, 0.05) is 38.3 Å². The van der Waals surface area contributed by atoms with Crippen LogP contribution in [0.3, 0.4) is 0 Å². The third-order valence-electron chi connectivity index (χ3n) is 4.58. The first kappa shape index (κ1) is 23.0. The second-order valence-corrected chi connectivity index (χ2v) is 9.12. The average molecular weight is 407 g/mol. The molecule has 0 aliphatic carbocycles. The third kappa shape index (κ3) is 7.57. The number of hydrogen-bond acceptors (Lipinski definition) is 6. The molecular formula is C22H34N2O5. The van der Waals surface area contributed by atoms with Gasteiger partial charge in [0.15, 0.2) is 0 Å². The molecule has 0 saturated carbocycles. The highest BCUT2D eigenvalue weighted by Gasteiger charge is 2.26. The molecule has 0 atom stereocenters. The highest BCUT2D eigenvalue weighted by molar-refractivity contribution is 5.68. The standard InChI is InChI=1S/C22H34N2O5/c1-17-7-8-18(19(13-17)27-15-22(5,6)28-16-25)14-23-9-11-24(12-10-23)20(26)29-21(2,3)4/h7-8,13,16H,9-12,14-15H2,1-6H3. The number of rotatable bonds is 7. The fraction of sp³-hybridized carbons (Fsp3) is 0.636. The molecule has 0 radical (unpaired) electrons. The maximum atomic E-state index is 12.2. The van der Waals surface area contributed by atoms with E-state index in [9.17, 15) is 9.59 Å². The van der Waals surface area contributed by atoms with E-state index in [1.807, 2.05) is 47.6 Å². The van der Waals surface area contributed by atoms with Crippen molar-refractivity contribution in [1.29, 1.82) is 0 Å². The number of carbonyl (C=O) groups excluding carboxylic acids is 2. The van der Waals surface area contributed by atoms with Crippen LogP contribution in [0.2, 0.25) is 0 Å². The Morgan fingerprint density at radius 1 is 1.10 bits per heavy atom. The van der Waals surface area contributed by atoms with Crippen LogP contribution in [0.5, 0.6) is 5.75 Å². The summed E-state index contributed by atoms with van der Waals surface area (Å²) >= 11 is 0. The summed E-state index contributed by atoms with van der Waals surface area (Å²) in [4.78, 5) is 26.9. The highest BCUT2D eigenvalue weighted by atomic mass is 16.6. The lowest BCUT2D eigenvalue weighted by Gasteiger charge is -2.35. The number of piperazine rings is 1. The molecule has 2 rings (SSSR count). The summed E-state index contributed by atoms with van der Waals surface area (Å²) in [6, 6.07) is 6.13. The quantitative estimate of drug-likeness (QED) is 0.647. The van der Waals surface area contributed by atoms with Crippen LogP contribution in [0.25, 0.3) is 0 Å². The zero-order valence-corrected chi connectivity index (χ0v) is 18.5. The Labute approximate surface area is 173 Å². The van der Waals surface area contributed by atoms with Crippen molar-refractivity contribution >= 4 is 12.6 Å². The van der Waals surface area contributed by atoms with Gasteiger partial charge in [-0.1, -0.05) is 12.1 Å². The topological polar surface area (TPSA) is 68.3 Å². The summed E-state index contributed by atoms with van der Waals surface area (Å²) in [7, 11) is 0. The van der Waals surface area contributed by atoms with Crippen LogP contribution in [-0.2, 0) is 20.8 Å². The van der Waals surface area contributed by atoms with E-state index in [4.69, 9.17) is 14.2 Å². The van der Waals surface area contributed by atoms with Crippen molar-refractivity contribution in [3.8, 4) is 5.75 Å². The molecular weight excluding hydrogens is 372 g/mol. The predicted molar refractivity (Wildman–Crippen MR) is 111 cm³/mol. The summed E-state index contributed by atoms with van der Waals surface area (Å²) < 4.78 is 16.5. The van der Waals surface area contributed by atoms with Crippen LogP contribution in [-0.4, -0.2) is 66.4 Å². The van der Waals surface area contributed by atoms with E-state index in [1.165, 1.54) is 0 Å². The number of aryl methyl sites for hydroxylation is 1. The Morgan fingerprint density at radius 3 is 2.34 bits per heavy atom. The maximum Gasteiger partial charge on any atom is 0.410 e. The zero-order valence-electron chi connectivity index (χ0n) is 18.5. The Bertz CT molecular complexity index is 704. The second-order valence-electron chi connectivity index (χ2n) is 9.12. The van der Waals surface area contributed by atoms with E-state index in [0.717, 1.165) is 36.5 Å². The fourth-order valence-corrected chi connectivity index (χ4v) is 3.00. The molecule has 1 saturated heterocycles. The van der Waals surface area contributed by atoms with Crippen LogP contribution in [0.15, 0.2) is 18.2 Å². The lowest BCUT2D eigenvalue weighted by atomic mass is 10.1. The smallest absolute Gasteiger partial charge is 0.410 e. The molecule has 29 heavy (non-hydrogen) atoms. The van der Waals surface area contributed by atoms with Gasteiger partial charge in [0.2, 0.25) is 0 Å². The zero-order chi connectivity index (χ0) is 21.7. The van der Waals surface area contributed by atoms with Crippen molar-refractivity contribution in [3.63, 3.8) is 0 Å². The van der Waals surface area contributed by atoms with Gasteiger partial charge in [-0.2, -0.15) is 0 Å². The lowest BCUT2D eigenvalue weighted by Crippen LogP contribution is -2.49. The van der Waals surface area contributed by atoms with Crippen molar-refractivity contribution < 1.29 is 23.8 Å². The Kier molecular flexibility index (Phi) is 7.52. The number of hydrogen-bond donors (Lipinski definition) is 0. The SMILES string of the molecule is Cc1ccc(CN2CCN(C(=O)OC(C)(C)C)CC2)c(OCC(C)(C)OC=O)c1. The Morgan fingerprint density at radius 2 is 1.76 bits per heavy atom. The van der Waals surface area contributed by atoms with Gasteiger partial charge in [0.05, 0.1) is 0 Å². The van der Waals surface area contributed by atoms with Gasteiger partial charge in [-0.3, -0.25) is 9.69 Å². The van der Waals surface area contributed by atoms with Crippen LogP contribution in [0.1, 0.15) is 45.7 Å². The summed E-state index contributed by atoms with van der Waals surface area (Å²) in [6.45, 7) is 15.5. The van der Waals surface area contributed by atoms with E-state index in [-0.39, 0.29) is 12.7 Å². The molecule has 1 amide bonds. The van der Waals surface area contributed by atoms with Gasteiger partial charge in [-0.05, 0) is 53.2 Å². The first-order valence-electron chi connectivity index (χ1n) is 10.0. The van der Waals surface area contributed by atoms with Gasteiger partial charge in [0.25, 0.3) is 6.47 Å². The molecule has 1 aliphatic heterocycles. The van der Waals surface area contributed by atoms with Crippen molar-refractivity contribution in [2.45, 2.75) is 59.3 Å². The van der Waals surface area contributed by atoms with Gasteiger partial charge in [-0.15, -0.1) is 0 Å². The highest BCUT2D eigenvalue weighted by Crippen LogP contribution is 2.24. The molecule has 1 aliphatic rings. The first-order chi connectivity index (χ1) is 13.5. The Hall–Kier alpha value is -2.28. The first-order valence-corrected chi connectivity index (χ1v) is 10.0. The van der Waals surface area contributed by atoms with Crippen molar-refractivity contribution in [2.75, 3.05) is 32.8 Å². The Balaban J connectivity index is 1.95. The molecule has 0 N–H and O–H groups in total. The minimum absolute atomic E-state index is 0.256. The van der Waals surface area contributed by atoms with E-state index >= 15 is 0 Å². The number of benzene rings is 1. The molecule has 0 unspecified atom stereocenters. The largest absolute Gasteiger partial charge is 0.489 e. The van der Waals surface area contributed by atoms with Crippen molar-refractivity contribution in [1.82, 2.24) is 9.80 Å². The number of carbonyl (C=O) groups is 2. The minimum Gasteiger partial charge on any atom is -0.489 e. The van der Waals surface area contributed by atoms with E-state index in [1.54, 1.807) is 4.90 Å². The number of nitrogens with zero attached hydrogens (tertiary/aromatic N) is 2. The predicted octanol–water partition coefficient (Wildman–Crippen LogP) is 3.38. The van der Waals surface area contributed by atoms with Crippen LogP contribution < -0.4 is 4.74 Å². The third-order valence-corrected chi connectivity index (χ3v) is 4.58. The molecule has 0 aromatic heterocycles. The molecule has 1 aromatic rings. The van der Waals surface area contributed by atoms with Crippen LogP contribution in [0.4, 0.5) is 4.79 Å². The van der Waals surface area contributed by atoms with Crippen LogP contribution >= 0.6 is 0 Å². The van der Waals surface area contributed by atoms with Crippen molar-refractivity contribution in [3.05, 3.63) is 29.3 Å². The monoisotopic (exact) mass is 406 g/mol. The summed E-state index contributed by atoms with van der Waals surface area (Å²) in [5, 5.41) is 0. The lowest BCUT2D eigenvalue weighted by molar-refractivity contribution is -0.142. The van der Waals surface area contributed by atoms with Gasteiger partial charge in [0.1, 0.15) is 23.6 Å². The molecule has 162 valence electrons. The van der Waals surface area contributed by atoms with E-state index in [0.29, 0.717) is 19.6 Å². The van der Waals surface area contributed by atoms with Crippen molar-refractivity contribution in [2.24, 2.45) is 0 Å². The number of amides is 1. The van der Waals surface area contributed by atoms with E-state index < -0.39 is 11.2 Å². The minimum atomic E-state index is -0.693.